The second-order valence-electron chi connectivity index (χ2n) is 3.89. The van der Waals surface area contributed by atoms with E-state index < -0.39 is 0 Å². The molecule has 0 heterocycles. The first-order valence-electron chi connectivity index (χ1n) is 5.20. The Kier molecular flexibility index (Phi) is 4.86. The third-order valence-electron chi connectivity index (χ3n) is 2.46. The van der Waals surface area contributed by atoms with Gasteiger partial charge in [-0.25, -0.2) is 0 Å². The number of rotatable bonds is 5. The van der Waals surface area contributed by atoms with Gasteiger partial charge in [-0.15, -0.1) is 6.58 Å². The molecule has 0 aliphatic heterocycles. The number of nitrogens with one attached hydrogen (secondary N) is 1. The molecule has 0 aliphatic carbocycles. The molecular weight excluding hydrogens is 206 g/mol. The Hall–Kier alpha value is -0.790. The predicted molar refractivity (Wildman–Crippen MR) is 67.3 cm³/mol. The summed E-state index contributed by atoms with van der Waals surface area (Å²) in [6.45, 7) is 5.98. The van der Waals surface area contributed by atoms with Gasteiger partial charge in [-0.05, 0) is 44.5 Å². The third kappa shape index (κ3) is 4.06. The van der Waals surface area contributed by atoms with E-state index in [4.69, 9.17) is 11.6 Å². The van der Waals surface area contributed by atoms with Crippen LogP contribution in [0.1, 0.15) is 31.4 Å². The zero-order valence-electron chi connectivity index (χ0n) is 9.39. The fraction of sp³-hybridized carbons (Fsp3) is 0.385. The molecule has 0 saturated carbocycles. The molecule has 1 nitrogen and oxygen atoms in total. The number of hydrogen-bond acceptors (Lipinski definition) is 1. The molecule has 15 heavy (non-hydrogen) atoms. The summed E-state index contributed by atoms with van der Waals surface area (Å²) in [7, 11) is 1.98. The molecule has 2 heteroatoms. The van der Waals surface area contributed by atoms with Crippen molar-refractivity contribution in [2.75, 3.05) is 7.05 Å². The van der Waals surface area contributed by atoms with Crippen LogP contribution in [-0.4, -0.2) is 7.05 Å². The fourth-order valence-corrected chi connectivity index (χ4v) is 1.79. The molecule has 1 atom stereocenters. The van der Waals surface area contributed by atoms with Gasteiger partial charge in [0.15, 0.2) is 0 Å². The molecule has 0 spiro atoms. The minimum Gasteiger partial charge on any atom is -0.313 e. The lowest BCUT2D eigenvalue weighted by molar-refractivity contribution is 0.548. The van der Waals surface area contributed by atoms with Gasteiger partial charge in [0, 0.05) is 11.1 Å². The summed E-state index contributed by atoms with van der Waals surface area (Å²) in [6, 6.07) is 8.37. The Morgan fingerprint density at radius 3 is 2.80 bits per heavy atom. The summed E-state index contributed by atoms with van der Waals surface area (Å²) in [4.78, 5) is 0. The highest BCUT2D eigenvalue weighted by Gasteiger charge is 2.08. The summed E-state index contributed by atoms with van der Waals surface area (Å²) >= 11 is 5.96. The number of allylic oxidation sites excluding steroid dienone is 1. The zero-order chi connectivity index (χ0) is 11.3. The van der Waals surface area contributed by atoms with Crippen LogP contribution in [0.2, 0.25) is 5.02 Å². The Balaban J connectivity index is 2.69. The van der Waals surface area contributed by atoms with Gasteiger partial charge < -0.3 is 5.32 Å². The van der Waals surface area contributed by atoms with Crippen LogP contribution >= 0.6 is 11.6 Å². The predicted octanol–water partition coefficient (Wildman–Crippen LogP) is 3.96. The topological polar surface area (TPSA) is 12.0 Å². The third-order valence-corrected chi connectivity index (χ3v) is 2.69. The second kappa shape index (κ2) is 5.94. The SMILES string of the molecule is C=C(C)CCC(NC)c1cccc(Cl)c1. The fourth-order valence-electron chi connectivity index (χ4n) is 1.59. The first-order valence-corrected chi connectivity index (χ1v) is 5.58. The molecule has 1 N–H and O–H groups in total. The van der Waals surface area contributed by atoms with Gasteiger partial charge in [-0.1, -0.05) is 29.3 Å². The van der Waals surface area contributed by atoms with Gasteiger partial charge in [0.2, 0.25) is 0 Å². The van der Waals surface area contributed by atoms with Crippen LogP contribution in [0.25, 0.3) is 0 Å². The van der Waals surface area contributed by atoms with Crippen molar-refractivity contribution in [2.24, 2.45) is 0 Å². The van der Waals surface area contributed by atoms with E-state index in [9.17, 15) is 0 Å². The average molecular weight is 224 g/mol. The van der Waals surface area contributed by atoms with Crippen molar-refractivity contribution in [3.8, 4) is 0 Å². The van der Waals surface area contributed by atoms with E-state index in [0.29, 0.717) is 6.04 Å². The molecule has 1 rings (SSSR count). The zero-order valence-corrected chi connectivity index (χ0v) is 10.1. The monoisotopic (exact) mass is 223 g/mol. The molecule has 82 valence electrons. The van der Waals surface area contributed by atoms with E-state index >= 15 is 0 Å². The molecular formula is C13H18ClN. The summed E-state index contributed by atoms with van der Waals surface area (Å²) < 4.78 is 0. The Bertz CT molecular complexity index is 333. The molecule has 0 fully saturated rings. The average Bonchev–Trinajstić information content (AvgIpc) is 2.18. The lowest BCUT2D eigenvalue weighted by Gasteiger charge is -2.16. The standard InChI is InChI=1S/C13H18ClN/c1-10(2)7-8-13(15-3)11-5-4-6-12(14)9-11/h4-6,9,13,15H,1,7-8H2,2-3H3. The molecule has 0 saturated heterocycles. The Labute approximate surface area is 97.1 Å². The van der Waals surface area contributed by atoms with Gasteiger partial charge in [0.05, 0.1) is 0 Å². The molecule has 1 aromatic rings. The van der Waals surface area contributed by atoms with Crippen LogP contribution in [0.3, 0.4) is 0 Å². The normalized spacial score (nSPS) is 12.5. The van der Waals surface area contributed by atoms with Gasteiger partial charge in [0.1, 0.15) is 0 Å². The van der Waals surface area contributed by atoms with E-state index in [1.54, 1.807) is 0 Å². The smallest absolute Gasteiger partial charge is 0.0409 e. The van der Waals surface area contributed by atoms with E-state index in [-0.39, 0.29) is 0 Å². The van der Waals surface area contributed by atoms with Crippen molar-refractivity contribution in [3.05, 3.63) is 47.0 Å². The maximum Gasteiger partial charge on any atom is 0.0409 e. The first-order chi connectivity index (χ1) is 7.13. The summed E-state index contributed by atoms with van der Waals surface area (Å²) in [6.07, 6.45) is 2.10. The molecule has 1 aromatic carbocycles. The Morgan fingerprint density at radius 2 is 2.27 bits per heavy atom. The number of halogens is 1. The van der Waals surface area contributed by atoms with Crippen molar-refractivity contribution in [2.45, 2.75) is 25.8 Å². The van der Waals surface area contributed by atoms with Crippen LogP contribution in [0.5, 0.6) is 0 Å². The van der Waals surface area contributed by atoms with Crippen molar-refractivity contribution in [1.82, 2.24) is 5.32 Å². The summed E-state index contributed by atoms with van der Waals surface area (Å²) in [5.74, 6) is 0. The molecule has 0 radical (unpaired) electrons. The highest BCUT2D eigenvalue weighted by Crippen LogP contribution is 2.22. The van der Waals surface area contributed by atoms with Gasteiger partial charge in [-0.3, -0.25) is 0 Å². The van der Waals surface area contributed by atoms with Gasteiger partial charge >= 0.3 is 0 Å². The number of hydrogen-bond donors (Lipinski definition) is 1. The summed E-state index contributed by atoms with van der Waals surface area (Å²) in [5.41, 5.74) is 2.46. The molecule has 1 unspecified atom stereocenters. The molecule has 0 aliphatic rings. The van der Waals surface area contributed by atoms with Crippen LogP contribution in [0.15, 0.2) is 36.4 Å². The van der Waals surface area contributed by atoms with Crippen molar-refractivity contribution in [3.63, 3.8) is 0 Å². The number of benzene rings is 1. The van der Waals surface area contributed by atoms with Crippen LogP contribution < -0.4 is 5.32 Å². The maximum absolute atomic E-state index is 5.96. The van der Waals surface area contributed by atoms with Crippen molar-refractivity contribution >= 4 is 11.6 Å². The van der Waals surface area contributed by atoms with Gasteiger partial charge in [0.25, 0.3) is 0 Å². The quantitative estimate of drug-likeness (QED) is 0.746. The van der Waals surface area contributed by atoms with Crippen LogP contribution in [0.4, 0.5) is 0 Å². The van der Waals surface area contributed by atoms with Crippen molar-refractivity contribution in [1.29, 1.82) is 0 Å². The van der Waals surface area contributed by atoms with Gasteiger partial charge in [-0.2, -0.15) is 0 Å². The van der Waals surface area contributed by atoms with E-state index in [1.807, 2.05) is 25.2 Å². The summed E-state index contributed by atoms with van der Waals surface area (Å²) in [5, 5.41) is 4.10. The Morgan fingerprint density at radius 1 is 1.53 bits per heavy atom. The highest BCUT2D eigenvalue weighted by atomic mass is 35.5. The molecule has 0 amide bonds. The van der Waals surface area contributed by atoms with E-state index in [1.165, 1.54) is 11.1 Å². The highest BCUT2D eigenvalue weighted by molar-refractivity contribution is 6.30. The first kappa shape index (κ1) is 12.3. The second-order valence-corrected chi connectivity index (χ2v) is 4.33. The molecule has 0 aromatic heterocycles. The largest absolute Gasteiger partial charge is 0.313 e. The molecule has 0 bridgehead atoms. The van der Waals surface area contributed by atoms with Crippen molar-refractivity contribution < 1.29 is 0 Å². The van der Waals surface area contributed by atoms with Crippen LogP contribution in [0, 0.1) is 0 Å². The minimum atomic E-state index is 0.361. The van der Waals surface area contributed by atoms with Crippen LogP contribution in [-0.2, 0) is 0 Å². The van der Waals surface area contributed by atoms with E-state index in [2.05, 4.69) is 24.9 Å². The maximum atomic E-state index is 5.96. The van der Waals surface area contributed by atoms with E-state index in [0.717, 1.165) is 17.9 Å². The lowest BCUT2D eigenvalue weighted by atomic mass is 10.0. The lowest BCUT2D eigenvalue weighted by Crippen LogP contribution is -2.16. The minimum absolute atomic E-state index is 0.361.